The van der Waals surface area contributed by atoms with Gasteiger partial charge in [-0.25, -0.2) is 0 Å². The number of nitrogens with one attached hydrogen (secondary N) is 1. The Labute approximate surface area is 189 Å². The van der Waals surface area contributed by atoms with Gasteiger partial charge >= 0.3 is 57.4 Å². The Kier molecular flexibility index (Phi) is 18.9. The number of rotatable bonds is 14. The third kappa shape index (κ3) is 13.8. The minimum Gasteiger partial charge on any atom is -0.875 e. The van der Waals surface area contributed by atoms with Crippen molar-refractivity contribution >= 4 is 5.97 Å². The van der Waals surface area contributed by atoms with Crippen molar-refractivity contribution in [3.63, 3.8) is 0 Å². The van der Waals surface area contributed by atoms with Crippen molar-refractivity contribution in [3.05, 3.63) is 11.8 Å². The van der Waals surface area contributed by atoms with Gasteiger partial charge in [0.2, 0.25) is 0 Å². The fraction of sp³-hybridized carbons (Fsp3) is 0.824. The molecule has 0 radical (unpaired) electrons. The monoisotopic (exact) mass is 368 g/mol. The van der Waals surface area contributed by atoms with Crippen LogP contribution in [0.25, 0.3) is 0 Å². The number of hydrogen-bond acceptors (Lipinski definition) is 5. The van der Waals surface area contributed by atoms with Gasteiger partial charge in [0, 0.05) is 26.2 Å². The van der Waals surface area contributed by atoms with Crippen LogP contribution in [-0.4, -0.2) is 59.4 Å². The summed E-state index contributed by atoms with van der Waals surface area (Å²) in [6.45, 7) is 7.31. The summed E-state index contributed by atoms with van der Waals surface area (Å²) >= 11 is 0. The van der Waals surface area contributed by atoms with Crippen LogP contribution in [0.4, 0.5) is 0 Å². The first kappa shape index (κ1) is 26.8. The number of allylic oxidation sites excluding steroid dienone is 1. The average molecular weight is 369 g/mol. The normalized spacial score (nSPS) is 14.3. The summed E-state index contributed by atoms with van der Waals surface area (Å²) in [6.07, 6.45) is 5.50. The van der Waals surface area contributed by atoms with E-state index < -0.39 is 18.1 Å². The van der Waals surface area contributed by atoms with E-state index in [1.807, 2.05) is 6.92 Å². The van der Waals surface area contributed by atoms with Gasteiger partial charge in [-0.05, 0) is 19.8 Å². The van der Waals surface area contributed by atoms with Crippen molar-refractivity contribution in [1.82, 2.24) is 10.2 Å². The molecular weight excluding hydrogens is 335 g/mol. The van der Waals surface area contributed by atoms with E-state index in [4.69, 9.17) is 0 Å². The van der Waals surface area contributed by atoms with Crippen LogP contribution >= 0.6 is 0 Å². The van der Waals surface area contributed by atoms with E-state index in [0.29, 0.717) is 26.1 Å². The Balaban J connectivity index is 0. The maximum atomic E-state index is 11.5. The Hall–Kier alpha value is 0.526. The molecule has 0 aromatic rings. The first-order valence-corrected chi connectivity index (χ1v) is 8.64. The maximum absolute atomic E-state index is 11.5. The third-order valence-corrected chi connectivity index (χ3v) is 3.78. The standard InChI is InChI=1S/C17H34N2O4.K/c1-4-6-8-15(20)12-18-10-11-19(14(3)17(22)23)13-16(21)9-7-5-2;/h8,14,16,18,20-21H,4-7,9-13H2,1-3H3,(H,22,23);/q;+1/p-1/b15-8-;. The van der Waals surface area contributed by atoms with Crippen LogP contribution in [0.2, 0.25) is 0 Å². The van der Waals surface area contributed by atoms with E-state index in [2.05, 4.69) is 12.2 Å². The number of aliphatic carboxylic acids is 1. The van der Waals surface area contributed by atoms with Gasteiger partial charge in [0.1, 0.15) is 6.04 Å². The second-order valence-electron chi connectivity index (χ2n) is 5.94. The number of aliphatic hydroxyl groups is 1. The Morgan fingerprint density at radius 2 is 2.00 bits per heavy atom. The van der Waals surface area contributed by atoms with E-state index in [0.717, 1.165) is 25.7 Å². The molecule has 0 aliphatic carbocycles. The van der Waals surface area contributed by atoms with Crippen molar-refractivity contribution in [2.24, 2.45) is 0 Å². The van der Waals surface area contributed by atoms with Crippen LogP contribution in [-0.2, 0) is 4.79 Å². The molecule has 0 saturated carbocycles. The fourth-order valence-corrected chi connectivity index (χ4v) is 2.21. The average Bonchev–Trinajstić information content (AvgIpc) is 2.52. The Morgan fingerprint density at radius 3 is 2.54 bits per heavy atom. The summed E-state index contributed by atoms with van der Waals surface area (Å²) in [5.41, 5.74) is 0. The second kappa shape index (κ2) is 17.0. The predicted molar refractivity (Wildman–Crippen MR) is 90.1 cm³/mol. The molecule has 0 aliphatic heterocycles. The molecule has 3 N–H and O–H groups in total. The number of carboxylic acid groups (broad SMARTS) is 1. The molecule has 0 aromatic carbocycles. The summed E-state index contributed by atoms with van der Waals surface area (Å²) < 4.78 is 0. The SMILES string of the molecule is CCC/C=C(\[O-])CNCCN(CC(O)CCCC)C(C)C(=O)O.[K+]. The Bertz CT molecular complexity index is 353. The first-order chi connectivity index (χ1) is 10.9. The van der Waals surface area contributed by atoms with Crippen LogP contribution in [0.3, 0.4) is 0 Å². The molecular formula is C17H33KN2O4. The van der Waals surface area contributed by atoms with E-state index in [1.165, 1.54) is 0 Å². The van der Waals surface area contributed by atoms with Crippen molar-refractivity contribution < 1.29 is 71.5 Å². The Morgan fingerprint density at radius 1 is 1.33 bits per heavy atom. The quantitative estimate of drug-likeness (QED) is 0.186. The molecule has 2 atom stereocenters. The molecule has 0 saturated heterocycles. The molecule has 0 aliphatic rings. The second-order valence-corrected chi connectivity index (χ2v) is 5.94. The molecule has 0 amide bonds. The maximum Gasteiger partial charge on any atom is 1.00 e. The van der Waals surface area contributed by atoms with E-state index >= 15 is 0 Å². The molecule has 0 heterocycles. The van der Waals surface area contributed by atoms with Crippen LogP contribution in [0.1, 0.15) is 52.9 Å². The molecule has 7 heteroatoms. The molecule has 0 fully saturated rings. The van der Waals surface area contributed by atoms with Gasteiger partial charge in [0.25, 0.3) is 0 Å². The van der Waals surface area contributed by atoms with E-state index in [-0.39, 0.29) is 63.7 Å². The number of carbonyl (C=O) groups is 1. The summed E-state index contributed by atoms with van der Waals surface area (Å²) in [5, 5.41) is 33.7. The molecule has 0 aromatic heterocycles. The third-order valence-electron chi connectivity index (χ3n) is 3.78. The minimum absolute atomic E-state index is 0. The molecule has 0 bridgehead atoms. The molecule has 0 spiro atoms. The van der Waals surface area contributed by atoms with Crippen molar-refractivity contribution in [3.8, 4) is 0 Å². The van der Waals surface area contributed by atoms with Crippen molar-refractivity contribution in [2.45, 2.75) is 65.0 Å². The van der Waals surface area contributed by atoms with Crippen molar-refractivity contribution in [2.75, 3.05) is 26.2 Å². The van der Waals surface area contributed by atoms with Gasteiger partial charge in [-0.15, -0.1) is 5.76 Å². The zero-order valence-electron chi connectivity index (χ0n) is 15.8. The number of aliphatic hydroxyl groups excluding tert-OH is 1. The topological polar surface area (TPSA) is 95.9 Å². The molecule has 2 unspecified atom stereocenters. The molecule has 6 nitrogen and oxygen atoms in total. The van der Waals surface area contributed by atoms with Crippen LogP contribution in [0.5, 0.6) is 0 Å². The number of carboxylic acids is 1. The van der Waals surface area contributed by atoms with Gasteiger partial charge in [-0.2, -0.15) is 0 Å². The van der Waals surface area contributed by atoms with Crippen LogP contribution < -0.4 is 61.8 Å². The number of hydrogen-bond donors (Lipinski definition) is 3. The van der Waals surface area contributed by atoms with Crippen LogP contribution in [0, 0.1) is 0 Å². The van der Waals surface area contributed by atoms with E-state index in [9.17, 15) is 20.1 Å². The first-order valence-electron chi connectivity index (χ1n) is 8.64. The summed E-state index contributed by atoms with van der Waals surface area (Å²) in [7, 11) is 0. The summed E-state index contributed by atoms with van der Waals surface area (Å²) in [4.78, 5) is 12.9. The van der Waals surface area contributed by atoms with Crippen LogP contribution in [0.15, 0.2) is 11.8 Å². The van der Waals surface area contributed by atoms with Crippen molar-refractivity contribution in [1.29, 1.82) is 0 Å². The minimum atomic E-state index is -0.903. The summed E-state index contributed by atoms with van der Waals surface area (Å²) in [5.74, 6) is -0.840. The molecule has 136 valence electrons. The number of nitrogens with zero attached hydrogens (tertiary/aromatic N) is 1. The van der Waals surface area contributed by atoms with Gasteiger partial charge in [-0.1, -0.05) is 39.2 Å². The predicted octanol–water partition coefficient (Wildman–Crippen LogP) is -2.05. The van der Waals surface area contributed by atoms with E-state index in [1.54, 1.807) is 17.9 Å². The molecule has 24 heavy (non-hydrogen) atoms. The van der Waals surface area contributed by atoms with Gasteiger partial charge in [-0.3, -0.25) is 9.69 Å². The smallest absolute Gasteiger partial charge is 0.875 e. The number of unbranched alkanes of at least 4 members (excludes halogenated alkanes) is 2. The molecule has 0 rings (SSSR count). The largest absolute Gasteiger partial charge is 1.00 e. The zero-order chi connectivity index (χ0) is 17.7. The van der Waals surface area contributed by atoms with Gasteiger partial charge in [0.05, 0.1) is 6.10 Å². The van der Waals surface area contributed by atoms with Gasteiger partial charge in [0.15, 0.2) is 0 Å². The zero-order valence-corrected chi connectivity index (χ0v) is 18.9. The summed E-state index contributed by atoms with van der Waals surface area (Å²) in [6, 6.07) is -0.657. The van der Waals surface area contributed by atoms with Gasteiger partial charge < -0.3 is 20.6 Å². The fourth-order valence-electron chi connectivity index (χ4n) is 2.21.